The third-order valence-electron chi connectivity index (χ3n) is 4.20. The molecule has 0 radical (unpaired) electrons. The summed E-state index contributed by atoms with van der Waals surface area (Å²) >= 11 is 0. The lowest BCUT2D eigenvalue weighted by atomic mass is 9.81. The number of hydrogen-bond acceptors (Lipinski definition) is 5. The predicted molar refractivity (Wildman–Crippen MR) is 67.5 cm³/mol. The molecule has 0 aromatic rings. The summed E-state index contributed by atoms with van der Waals surface area (Å²) in [7, 11) is 5.33. The molecular formula is C13H25NO4. The Kier molecular flexibility index (Phi) is 4.98. The van der Waals surface area contributed by atoms with Gasteiger partial charge in [-0.2, -0.15) is 0 Å². The lowest BCUT2D eigenvalue weighted by Gasteiger charge is -2.41. The Morgan fingerprint density at radius 2 is 2.06 bits per heavy atom. The third-order valence-corrected chi connectivity index (χ3v) is 4.20. The van der Waals surface area contributed by atoms with Crippen LogP contribution in [0.15, 0.2) is 0 Å². The van der Waals surface area contributed by atoms with Gasteiger partial charge < -0.3 is 24.3 Å². The van der Waals surface area contributed by atoms with Crippen LogP contribution in [0.5, 0.6) is 0 Å². The zero-order valence-electron chi connectivity index (χ0n) is 11.6. The average Bonchev–Trinajstić information content (AvgIpc) is 2.83. The van der Waals surface area contributed by atoms with Gasteiger partial charge in [-0.05, 0) is 25.8 Å². The van der Waals surface area contributed by atoms with Crippen molar-refractivity contribution in [3.63, 3.8) is 0 Å². The molecule has 1 N–H and O–H groups in total. The highest BCUT2D eigenvalue weighted by Crippen LogP contribution is 2.37. The third kappa shape index (κ3) is 2.86. The Labute approximate surface area is 109 Å². The molecule has 2 rings (SSSR count). The summed E-state index contributed by atoms with van der Waals surface area (Å²) < 4.78 is 22.3. The van der Waals surface area contributed by atoms with Gasteiger partial charge in [0.05, 0.1) is 18.2 Å². The van der Waals surface area contributed by atoms with Crippen molar-refractivity contribution >= 4 is 0 Å². The molecule has 0 bridgehead atoms. The normalized spacial score (nSPS) is 34.3. The molecule has 106 valence electrons. The standard InChI is InChI=1S/C13H25NO4/c1-14-11(12(15-2)16-3)10-4-6-18-13(8-10)5-7-17-9-13/h10-12,14H,4-9H2,1-3H3. The van der Waals surface area contributed by atoms with Crippen LogP contribution in [-0.2, 0) is 18.9 Å². The Morgan fingerprint density at radius 3 is 2.61 bits per heavy atom. The molecule has 1 spiro atoms. The molecule has 2 saturated heterocycles. The summed E-state index contributed by atoms with van der Waals surface area (Å²) in [6, 6.07) is 0.196. The van der Waals surface area contributed by atoms with Gasteiger partial charge in [0, 0.05) is 33.9 Å². The van der Waals surface area contributed by atoms with Crippen LogP contribution < -0.4 is 5.32 Å². The molecule has 5 nitrogen and oxygen atoms in total. The first kappa shape index (κ1) is 14.2. The fourth-order valence-electron chi connectivity index (χ4n) is 3.22. The molecule has 18 heavy (non-hydrogen) atoms. The molecule has 3 unspecified atom stereocenters. The zero-order valence-corrected chi connectivity index (χ0v) is 11.6. The summed E-state index contributed by atoms with van der Waals surface area (Å²) in [5.74, 6) is 0.496. The van der Waals surface area contributed by atoms with Gasteiger partial charge in [-0.15, -0.1) is 0 Å². The lowest BCUT2D eigenvalue weighted by molar-refractivity contribution is -0.157. The van der Waals surface area contributed by atoms with E-state index in [1.54, 1.807) is 14.2 Å². The van der Waals surface area contributed by atoms with Crippen molar-refractivity contribution in [3.05, 3.63) is 0 Å². The molecule has 5 heteroatoms. The van der Waals surface area contributed by atoms with E-state index in [4.69, 9.17) is 18.9 Å². The van der Waals surface area contributed by atoms with Crippen molar-refractivity contribution in [1.82, 2.24) is 5.32 Å². The second-order valence-electron chi connectivity index (χ2n) is 5.24. The van der Waals surface area contributed by atoms with Crippen molar-refractivity contribution in [3.8, 4) is 0 Å². The van der Waals surface area contributed by atoms with Crippen LogP contribution in [0.25, 0.3) is 0 Å². The Bertz CT molecular complexity index is 251. The molecule has 2 aliphatic heterocycles. The van der Waals surface area contributed by atoms with Gasteiger partial charge in [0.25, 0.3) is 0 Å². The van der Waals surface area contributed by atoms with Crippen molar-refractivity contribution in [1.29, 1.82) is 0 Å². The Hall–Kier alpha value is -0.200. The van der Waals surface area contributed by atoms with E-state index in [9.17, 15) is 0 Å². The van der Waals surface area contributed by atoms with Gasteiger partial charge in [-0.25, -0.2) is 0 Å². The molecule has 0 aromatic heterocycles. The molecule has 0 aliphatic carbocycles. The molecule has 0 saturated carbocycles. The second kappa shape index (κ2) is 6.30. The van der Waals surface area contributed by atoms with Crippen LogP contribution >= 0.6 is 0 Å². The maximum Gasteiger partial charge on any atom is 0.172 e. The molecule has 2 aliphatic rings. The van der Waals surface area contributed by atoms with Crippen molar-refractivity contribution in [2.45, 2.75) is 37.2 Å². The van der Waals surface area contributed by atoms with Crippen LogP contribution in [-0.4, -0.2) is 59.0 Å². The van der Waals surface area contributed by atoms with Crippen molar-refractivity contribution in [2.75, 3.05) is 41.1 Å². The summed E-state index contributed by atoms with van der Waals surface area (Å²) in [5, 5.41) is 3.33. The first-order chi connectivity index (χ1) is 8.74. The highest BCUT2D eigenvalue weighted by molar-refractivity contribution is 4.94. The molecular weight excluding hydrogens is 234 g/mol. The van der Waals surface area contributed by atoms with E-state index in [2.05, 4.69) is 5.32 Å². The van der Waals surface area contributed by atoms with Gasteiger partial charge in [0.2, 0.25) is 0 Å². The van der Waals surface area contributed by atoms with Crippen LogP contribution in [0.3, 0.4) is 0 Å². The number of ether oxygens (including phenoxy) is 4. The minimum absolute atomic E-state index is 0.0654. The lowest BCUT2D eigenvalue weighted by Crippen LogP contribution is -2.51. The summed E-state index contributed by atoms with van der Waals surface area (Å²) in [6.45, 7) is 2.34. The maximum atomic E-state index is 5.96. The van der Waals surface area contributed by atoms with Gasteiger partial charge in [0.15, 0.2) is 6.29 Å². The minimum atomic E-state index is -0.211. The summed E-state index contributed by atoms with van der Waals surface area (Å²) in [6.07, 6.45) is 2.85. The number of methoxy groups -OCH3 is 2. The van der Waals surface area contributed by atoms with Crippen LogP contribution in [0.2, 0.25) is 0 Å². The second-order valence-corrected chi connectivity index (χ2v) is 5.24. The fourth-order valence-corrected chi connectivity index (χ4v) is 3.22. The predicted octanol–water partition coefficient (Wildman–Crippen LogP) is 0.779. The Morgan fingerprint density at radius 1 is 1.28 bits per heavy atom. The quantitative estimate of drug-likeness (QED) is 0.739. The van der Waals surface area contributed by atoms with Gasteiger partial charge in [0.1, 0.15) is 0 Å². The van der Waals surface area contributed by atoms with Crippen LogP contribution in [0.1, 0.15) is 19.3 Å². The first-order valence-electron chi connectivity index (χ1n) is 6.69. The molecule has 2 fully saturated rings. The topological polar surface area (TPSA) is 49.0 Å². The number of rotatable bonds is 5. The smallest absolute Gasteiger partial charge is 0.172 e. The number of hydrogen-bond donors (Lipinski definition) is 1. The first-order valence-corrected chi connectivity index (χ1v) is 6.69. The highest BCUT2D eigenvalue weighted by Gasteiger charge is 2.44. The molecule has 3 atom stereocenters. The van der Waals surface area contributed by atoms with E-state index in [1.165, 1.54) is 0 Å². The van der Waals surface area contributed by atoms with Crippen LogP contribution in [0, 0.1) is 5.92 Å². The van der Waals surface area contributed by atoms with Gasteiger partial charge >= 0.3 is 0 Å². The fraction of sp³-hybridized carbons (Fsp3) is 1.00. The number of likely N-dealkylation sites (N-methyl/N-ethyl adjacent to an activating group) is 1. The van der Waals surface area contributed by atoms with E-state index in [1.807, 2.05) is 7.05 Å². The average molecular weight is 259 g/mol. The largest absolute Gasteiger partial charge is 0.378 e. The maximum absolute atomic E-state index is 5.96. The van der Waals surface area contributed by atoms with E-state index < -0.39 is 0 Å². The molecule has 0 amide bonds. The number of nitrogens with one attached hydrogen (secondary N) is 1. The Balaban J connectivity index is 2.01. The van der Waals surface area contributed by atoms with Crippen LogP contribution in [0.4, 0.5) is 0 Å². The van der Waals surface area contributed by atoms with Crippen molar-refractivity contribution < 1.29 is 18.9 Å². The molecule has 2 heterocycles. The summed E-state index contributed by atoms with van der Waals surface area (Å²) in [5.41, 5.74) is -0.0654. The van der Waals surface area contributed by atoms with E-state index in [0.717, 1.165) is 39.1 Å². The van der Waals surface area contributed by atoms with Crippen molar-refractivity contribution in [2.24, 2.45) is 5.92 Å². The summed E-state index contributed by atoms with van der Waals surface area (Å²) in [4.78, 5) is 0. The SMILES string of the molecule is CNC(C1CCOC2(CCOC2)C1)C(OC)OC. The van der Waals surface area contributed by atoms with Gasteiger partial charge in [-0.1, -0.05) is 0 Å². The monoisotopic (exact) mass is 259 g/mol. The van der Waals surface area contributed by atoms with E-state index in [-0.39, 0.29) is 17.9 Å². The highest BCUT2D eigenvalue weighted by atomic mass is 16.7. The van der Waals surface area contributed by atoms with E-state index in [0.29, 0.717) is 5.92 Å². The molecule has 0 aromatic carbocycles. The minimum Gasteiger partial charge on any atom is -0.378 e. The van der Waals surface area contributed by atoms with E-state index >= 15 is 0 Å². The zero-order chi connectivity index (χ0) is 13.0. The van der Waals surface area contributed by atoms with Gasteiger partial charge in [-0.3, -0.25) is 0 Å².